The van der Waals surface area contributed by atoms with E-state index < -0.39 is 0 Å². The van der Waals surface area contributed by atoms with E-state index >= 15 is 0 Å². The van der Waals surface area contributed by atoms with Crippen molar-refractivity contribution in [2.45, 2.75) is 6.54 Å². The second-order valence-electron chi connectivity index (χ2n) is 2.75. The molecule has 0 aromatic carbocycles. The summed E-state index contributed by atoms with van der Waals surface area (Å²) in [6.07, 6.45) is 1.44. The Hall–Kier alpha value is -1.14. The molecule has 78 valence electrons. The molecule has 0 unspecified atom stereocenters. The molecule has 0 spiro atoms. The number of carbonyl (C=O) groups excluding carboxylic acids is 1. The monoisotopic (exact) mass is 286 g/mol. The molecule has 1 amide bonds. The van der Waals surface area contributed by atoms with Crippen LogP contribution in [0.25, 0.3) is 0 Å². The first-order valence-corrected chi connectivity index (χ1v) is 5.85. The fourth-order valence-corrected chi connectivity index (χ4v) is 2.46. The van der Waals surface area contributed by atoms with Crippen LogP contribution in [-0.4, -0.2) is 11.1 Å². The summed E-state index contributed by atoms with van der Waals surface area (Å²) in [5, 5.41) is 8.16. The van der Waals surface area contributed by atoms with Crippen molar-refractivity contribution in [1.29, 1.82) is 0 Å². The zero-order chi connectivity index (χ0) is 10.7. The number of nitrogens with one attached hydrogen (secondary N) is 1. The number of carbonyl (C=O) groups is 1. The fourth-order valence-electron chi connectivity index (χ4n) is 1.03. The molecule has 2 heterocycles. The molecule has 6 heteroatoms. The predicted molar refractivity (Wildman–Crippen MR) is 59.7 cm³/mol. The minimum atomic E-state index is -0.257. The third-order valence-corrected chi connectivity index (χ3v) is 3.69. The van der Waals surface area contributed by atoms with Gasteiger partial charge in [0, 0.05) is 15.4 Å². The standard InChI is InChI=1S/C9H7BrN2O2S/c10-6-2-4-15-8(6)5-11-9(13)7-1-3-12-14-7/h1-4H,5H2,(H,11,13). The van der Waals surface area contributed by atoms with Gasteiger partial charge in [-0.3, -0.25) is 4.79 Å². The summed E-state index contributed by atoms with van der Waals surface area (Å²) in [5.41, 5.74) is 0. The number of thiophene rings is 1. The van der Waals surface area contributed by atoms with E-state index in [4.69, 9.17) is 4.52 Å². The lowest BCUT2D eigenvalue weighted by atomic mass is 10.4. The Bertz CT molecular complexity index is 452. The zero-order valence-corrected chi connectivity index (χ0v) is 9.97. The Morgan fingerprint density at radius 3 is 3.07 bits per heavy atom. The molecule has 0 bridgehead atoms. The number of hydrogen-bond donors (Lipinski definition) is 1. The second kappa shape index (κ2) is 4.59. The van der Waals surface area contributed by atoms with E-state index in [0.717, 1.165) is 9.35 Å². The van der Waals surface area contributed by atoms with Crippen molar-refractivity contribution in [3.05, 3.63) is 38.8 Å². The Labute approximate surface area is 98.4 Å². The minimum Gasteiger partial charge on any atom is -0.351 e. The highest BCUT2D eigenvalue weighted by Gasteiger charge is 2.10. The highest BCUT2D eigenvalue weighted by Crippen LogP contribution is 2.22. The molecule has 0 radical (unpaired) electrons. The Balaban J connectivity index is 1.95. The fraction of sp³-hybridized carbons (Fsp3) is 0.111. The Morgan fingerprint density at radius 2 is 2.47 bits per heavy atom. The average molecular weight is 287 g/mol. The van der Waals surface area contributed by atoms with Gasteiger partial charge in [-0.25, -0.2) is 0 Å². The lowest BCUT2D eigenvalue weighted by molar-refractivity contribution is 0.0914. The van der Waals surface area contributed by atoms with Crippen LogP contribution in [0.1, 0.15) is 15.4 Å². The molecular formula is C9H7BrN2O2S. The smallest absolute Gasteiger partial charge is 0.290 e. The number of rotatable bonds is 3. The normalized spacial score (nSPS) is 10.2. The Morgan fingerprint density at radius 1 is 1.60 bits per heavy atom. The highest BCUT2D eigenvalue weighted by molar-refractivity contribution is 9.10. The van der Waals surface area contributed by atoms with Gasteiger partial charge in [0.1, 0.15) is 0 Å². The average Bonchev–Trinajstić information content (AvgIpc) is 2.85. The summed E-state index contributed by atoms with van der Waals surface area (Å²) in [6, 6.07) is 3.47. The summed E-state index contributed by atoms with van der Waals surface area (Å²) in [6.45, 7) is 0.484. The van der Waals surface area contributed by atoms with Gasteiger partial charge in [-0.2, -0.15) is 0 Å². The molecule has 0 saturated heterocycles. The molecule has 2 rings (SSSR count). The van der Waals surface area contributed by atoms with Gasteiger partial charge in [0.05, 0.1) is 12.7 Å². The maximum atomic E-state index is 11.5. The lowest BCUT2D eigenvalue weighted by Crippen LogP contribution is -2.21. The van der Waals surface area contributed by atoms with Crippen LogP contribution in [0.5, 0.6) is 0 Å². The molecule has 15 heavy (non-hydrogen) atoms. The molecular weight excluding hydrogens is 280 g/mol. The van der Waals surface area contributed by atoms with E-state index in [1.54, 1.807) is 11.3 Å². The molecule has 4 nitrogen and oxygen atoms in total. The molecule has 0 fully saturated rings. The highest BCUT2D eigenvalue weighted by atomic mass is 79.9. The van der Waals surface area contributed by atoms with E-state index in [2.05, 4.69) is 26.4 Å². The van der Waals surface area contributed by atoms with Crippen LogP contribution < -0.4 is 5.32 Å². The first-order valence-electron chi connectivity index (χ1n) is 4.18. The number of nitrogens with zero attached hydrogens (tertiary/aromatic N) is 1. The van der Waals surface area contributed by atoms with Crippen molar-refractivity contribution in [3.8, 4) is 0 Å². The van der Waals surface area contributed by atoms with Crippen LogP contribution in [0.2, 0.25) is 0 Å². The maximum Gasteiger partial charge on any atom is 0.290 e. The number of halogens is 1. The van der Waals surface area contributed by atoms with Gasteiger partial charge >= 0.3 is 0 Å². The molecule has 0 saturated carbocycles. The maximum absolute atomic E-state index is 11.5. The summed E-state index contributed by atoms with van der Waals surface area (Å²) in [5.74, 6) is -0.0320. The van der Waals surface area contributed by atoms with Crippen LogP contribution in [0.4, 0.5) is 0 Å². The number of hydrogen-bond acceptors (Lipinski definition) is 4. The van der Waals surface area contributed by atoms with Gasteiger partial charge < -0.3 is 9.84 Å². The van der Waals surface area contributed by atoms with Crippen LogP contribution >= 0.6 is 27.3 Å². The van der Waals surface area contributed by atoms with Gasteiger partial charge in [-0.05, 0) is 27.4 Å². The largest absolute Gasteiger partial charge is 0.351 e. The zero-order valence-electron chi connectivity index (χ0n) is 7.57. The molecule has 0 aliphatic rings. The van der Waals surface area contributed by atoms with Gasteiger partial charge in [-0.1, -0.05) is 5.16 Å². The van der Waals surface area contributed by atoms with E-state index in [1.165, 1.54) is 12.3 Å². The van der Waals surface area contributed by atoms with E-state index in [0.29, 0.717) is 6.54 Å². The molecule has 2 aromatic heterocycles. The van der Waals surface area contributed by atoms with E-state index in [9.17, 15) is 4.79 Å². The minimum absolute atomic E-state index is 0.225. The summed E-state index contributed by atoms with van der Waals surface area (Å²) in [7, 11) is 0. The van der Waals surface area contributed by atoms with Gasteiger partial charge in [0.15, 0.2) is 0 Å². The lowest BCUT2D eigenvalue weighted by Gasteiger charge is -2.00. The van der Waals surface area contributed by atoms with Crippen molar-refractivity contribution in [2.24, 2.45) is 0 Å². The van der Waals surface area contributed by atoms with Gasteiger partial charge in [0.2, 0.25) is 5.76 Å². The Kier molecular flexibility index (Phi) is 3.17. The predicted octanol–water partition coefficient (Wildman–Crippen LogP) is 2.43. The molecule has 0 atom stereocenters. The molecule has 1 N–H and O–H groups in total. The first-order chi connectivity index (χ1) is 7.27. The first kappa shape index (κ1) is 10.4. The number of amides is 1. The van der Waals surface area contributed by atoms with Crippen LogP contribution in [0.3, 0.4) is 0 Å². The van der Waals surface area contributed by atoms with Crippen LogP contribution in [-0.2, 0) is 6.54 Å². The van der Waals surface area contributed by atoms with E-state index in [1.807, 2.05) is 11.4 Å². The van der Waals surface area contributed by atoms with Gasteiger partial charge in [-0.15, -0.1) is 11.3 Å². The van der Waals surface area contributed by atoms with Crippen molar-refractivity contribution in [2.75, 3.05) is 0 Å². The van der Waals surface area contributed by atoms with Gasteiger partial charge in [0.25, 0.3) is 5.91 Å². The summed E-state index contributed by atoms with van der Waals surface area (Å²) in [4.78, 5) is 12.5. The quantitative estimate of drug-likeness (QED) is 0.943. The van der Waals surface area contributed by atoms with Crippen molar-refractivity contribution >= 4 is 33.2 Å². The van der Waals surface area contributed by atoms with Crippen LogP contribution in [0.15, 0.2) is 32.7 Å². The van der Waals surface area contributed by atoms with Crippen LogP contribution in [0, 0.1) is 0 Å². The van der Waals surface area contributed by atoms with Crippen molar-refractivity contribution < 1.29 is 9.32 Å². The molecule has 0 aliphatic carbocycles. The summed E-state index contributed by atoms with van der Waals surface area (Å²) < 4.78 is 5.73. The third-order valence-electron chi connectivity index (χ3n) is 1.76. The van der Waals surface area contributed by atoms with Crippen molar-refractivity contribution in [1.82, 2.24) is 10.5 Å². The SMILES string of the molecule is O=C(NCc1sccc1Br)c1ccno1. The molecule has 2 aromatic rings. The topological polar surface area (TPSA) is 55.1 Å². The third kappa shape index (κ3) is 2.45. The second-order valence-corrected chi connectivity index (χ2v) is 4.61. The summed E-state index contributed by atoms with van der Waals surface area (Å²) >= 11 is 4.97. The van der Waals surface area contributed by atoms with Crippen molar-refractivity contribution in [3.63, 3.8) is 0 Å². The number of aromatic nitrogens is 1. The van der Waals surface area contributed by atoms with E-state index in [-0.39, 0.29) is 11.7 Å². The molecule has 0 aliphatic heterocycles.